The van der Waals surface area contributed by atoms with Gasteiger partial charge in [-0.2, -0.15) is 0 Å². The number of methoxy groups -OCH3 is 1. The molecule has 0 unspecified atom stereocenters. The van der Waals surface area contributed by atoms with Crippen LogP contribution in [-0.2, 0) is 14.3 Å². The van der Waals surface area contributed by atoms with Gasteiger partial charge in [0.15, 0.2) is 0 Å². The Morgan fingerprint density at radius 3 is 2.31 bits per heavy atom. The summed E-state index contributed by atoms with van der Waals surface area (Å²) in [5.41, 5.74) is -0.530. The van der Waals surface area contributed by atoms with Gasteiger partial charge in [-0.1, -0.05) is 32.6 Å². The fourth-order valence-electron chi connectivity index (χ4n) is 1.49. The summed E-state index contributed by atoms with van der Waals surface area (Å²) in [5, 5.41) is 0. The number of ether oxygens (including phenoxy) is 2. The third kappa shape index (κ3) is 6.83. The van der Waals surface area contributed by atoms with Crippen molar-refractivity contribution in [3.05, 3.63) is 0 Å². The number of hydrogen-bond acceptors (Lipinski definition) is 3. The van der Waals surface area contributed by atoms with Crippen molar-refractivity contribution in [2.75, 3.05) is 20.3 Å². The molecule has 0 saturated carbocycles. The second-order valence-electron chi connectivity index (χ2n) is 4.87. The zero-order valence-corrected chi connectivity index (χ0v) is 11.2. The van der Waals surface area contributed by atoms with Crippen molar-refractivity contribution < 1.29 is 14.3 Å². The first-order valence-corrected chi connectivity index (χ1v) is 6.20. The van der Waals surface area contributed by atoms with Crippen LogP contribution in [0.25, 0.3) is 0 Å². The first kappa shape index (κ1) is 15.4. The highest BCUT2D eigenvalue weighted by Gasteiger charge is 2.29. The van der Waals surface area contributed by atoms with E-state index in [1.54, 1.807) is 7.11 Å². The molecule has 0 heterocycles. The first-order chi connectivity index (χ1) is 7.54. The maximum Gasteiger partial charge on any atom is 0.313 e. The van der Waals surface area contributed by atoms with Gasteiger partial charge in [0, 0.05) is 7.11 Å². The van der Waals surface area contributed by atoms with E-state index in [1.807, 2.05) is 13.8 Å². The molecule has 96 valence electrons. The zero-order chi connectivity index (χ0) is 12.4. The van der Waals surface area contributed by atoms with E-state index in [0.29, 0.717) is 13.2 Å². The molecule has 3 heteroatoms. The van der Waals surface area contributed by atoms with Gasteiger partial charge in [-0.15, -0.1) is 0 Å². The lowest BCUT2D eigenvalue weighted by atomic mass is 9.95. The second kappa shape index (κ2) is 8.57. The van der Waals surface area contributed by atoms with Crippen LogP contribution in [0.15, 0.2) is 0 Å². The van der Waals surface area contributed by atoms with E-state index in [0.717, 1.165) is 12.8 Å². The predicted octanol–water partition coefficient (Wildman–Crippen LogP) is 3.17. The fourth-order valence-corrected chi connectivity index (χ4v) is 1.49. The molecular weight excluding hydrogens is 204 g/mol. The monoisotopic (exact) mass is 230 g/mol. The van der Waals surface area contributed by atoms with Crippen molar-refractivity contribution in [2.24, 2.45) is 5.41 Å². The number of esters is 1. The van der Waals surface area contributed by atoms with E-state index >= 15 is 0 Å². The van der Waals surface area contributed by atoms with Crippen molar-refractivity contribution in [2.45, 2.75) is 52.9 Å². The van der Waals surface area contributed by atoms with Gasteiger partial charge in [0.25, 0.3) is 0 Å². The molecule has 0 radical (unpaired) electrons. The molecule has 0 aromatic heterocycles. The average Bonchev–Trinajstić information content (AvgIpc) is 2.22. The summed E-state index contributed by atoms with van der Waals surface area (Å²) in [6, 6.07) is 0. The SMILES string of the molecule is CCCCCCCOC(=O)C(C)(C)COC. The highest BCUT2D eigenvalue weighted by Crippen LogP contribution is 2.17. The summed E-state index contributed by atoms with van der Waals surface area (Å²) in [7, 11) is 1.60. The van der Waals surface area contributed by atoms with E-state index in [9.17, 15) is 4.79 Å². The van der Waals surface area contributed by atoms with E-state index in [-0.39, 0.29) is 5.97 Å². The Labute approximate surface area is 99.5 Å². The Morgan fingerprint density at radius 1 is 1.12 bits per heavy atom. The molecule has 0 rings (SSSR count). The summed E-state index contributed by atoms with van der Waals surface area (Å²) < 4.78 is 10.2. The molecular formula is C13H26O3. The molecule has 16 heavy (non-hydrogen) atoms. The number of carbonyl (C=O) groups is 1. The van der Waals surface area contributed by atoms with Crippen molar-refractivity contribution in [3.8, 4) is 0 Å². The van der Waals surface area contributed by atoms with E-state index in [2.05, 4.69) is 6.92 Å². The van der Waals surface area contributed by atoms with Gasteiger partial charge in [0.1, 0.15) is 0 Å². The van der Waals surface area contributed by atoms with Crippen LogP contribution in [0.1, 0.15) is 52.9 Å². The maximum atomic E-state index is 11.6. The number of carbonyl (C=O) groups excluding carboxylic acids is 1. The van der Waals surface area contributed by atoms with Crippen molar-refractivity contribution in [3.63, 3.8) is 0 Å². The lowest BCUT2D eigenvalue weighted by molar-refractivity contribution is -0.156. The van der Waals surface area contributed by atoms with Crippen LogP contribution in [-0.4, -0.2) is 26.3 Å². The van der Waals surface area contributed by atoms with Gasteiger partial charge in [-0.3, -0.25) is 4.79 Å². The standard InChI is InChI=1S/C13H26O3/c1-5-6-7-8-9-10-16-12(14)13(2,3)11-15-4/h5-11H2,1-4H3. The smallest absolute Gasteiger partial charge is 0.313 e. The molecule has 0 bridgehead atoms. The van der Waals surface area contributed by atoms with Crippen LogP contribution in [0.2, 0.25) is 0 Å². The minimum Gasteiger partial charge on any atom is -0.465 e. The molecule has 0 atom stereocenters. The topological polar surface area (TPSA) is 35.5 Å². The second-order valence-corrected chi connectivity index (χ2v) is 4.87. The summed E-state index contributed by atoms with van der Waals surface area (Å²) in [5.74, 6) is -0.162. The van der Waals surface area contributed by atoms with E-state index in [4.69, 9.17) is 9.47 Å². The fraction of sp³-hybridized carbons (Fsp3) is 0.923. The Balaban J connectivity index is 3.57. The van der Waals surface area contributed by atoms with Gasteiger partial charge in [-0.05, 0) is 20.3 Å². The minimum absolute atomic E-state index is 0.162. The van der Waals surface area contributed by atoms with E-state index in [1.165, 1.54) is 19.3 Å². The van der Waals surface area contributed by atoms with Gasteiger partial charge in [-0.25, -0.2) is 0 Å². The summed E-state index contributed by atoms with van der Waals surface area (Å²) in [6.45, 7) is 6.82. The Morgan fingerprint density at radius 2 is 1.75 bits per heavy atom. The third-order valence-electron chi connectivity index (χ3n) is 2.54. The normalized spacial score (nSPS) is 11.5. The van der Waals surface area contributed by atoms with Crippen LogP contribution in [0.5, 0.6) is 0 Å². The molecule has 0 aliphatic rings. The summed E-state index contributed by atoms with van der Waals surface area (Å²) in [6.07, 6.45) is 5.85. The minimum atomic E-state index is -0.530. The Bertz CT molecular complexity index is 188. The quantitative estimate of drug-likeness (QED) is 0.451. The molecule has 0 aromatic rings. The molecule has 0 amide bonds. The number of rotatable bonds is 9. The first-order valence-electron chi connectivity index (χ1n) is 6.20. The van der Waals surface area contributed by atoms with Crippen LogP contribution in [0.3, 0.4) is 0 Å². The Kier molecular flexibility index (Phi) is 8.26. The zero-order valence-electron chi connectivity index (χ0n) is 11.2. The van der Waals surface area contributed by atoms with Gasteiger partial charge >= 0.3 is 5.97 Å². The van der Waals surface area contributed by atoms with Crippen molar-refractivity contribution in [1.82, 2.24) is 0 Å². The predicted molar refractivity (Wildman–Crippen MR) is 65.4 cm³/mol. The number of unbranched alkanes of at least 4 members (excludes halogenated alkanes) is 4. The molecule has 0 fully saturated rings. The lowest BCUT2D eigenvalue weighted by Gasteiger charge is -2.21. The highest BCUT2D eigenvalue weighted by molar-refractivity contribution is 5.76. The van der Waals surface area contributed by atoms with Crippen LogP contribution < -0.4 is 0 Å². The van der Waals surface area contributed by atoms with Crippen molar-refractivity contribution >= 4 is 5.97 Å². The molecule has 0 N–H and O–H groups in total. The molecule has 0 spiro atoms. The van der Waals surface area contributed by atoms with Gasteiger partial charge in [0.2, 0.25) is 0 Å². The van der Waals surface area contributed by atoms with Crippen LogP contribution >= 0.6 is 0 Å². The highest BCUT2D eigenvalue weighted by atomic mass is 16.5. The summed E-state index contributed by atoms with van der Waals surface area (Å²) >= 11 is 0. The molecule has 3 nitrogen and oxygen atoms in total. The lowest BCUT2D eigenvalue weighted by Crippen LogP contribution is -2.31. The molecule has 0 aromatic carbocycles. The van der Waals surface area contributed by atoms with Crippen molar-refractivity contribution in [1.29, 1.82) is 0 Å². The number of hydrogen-bond donors (Lipinski definition) is 0. The molecule has 0 aliphatic carbocycles. The van der Waals surface area contributed by atoms with Crippen LogP contribution in [0.4, 0.5) is 0 Å². The molecule has 0 saturated heterocycles. The molecule has 0 aliphatic heterocycles. The summed E-state index contributed by atoms with van der Waals surface area (Å²) in [4.78, 5) is 11.6. The van der Waals surface area contributed by atoms with E-state index < -0.39 is 5.41 Å². The van der Waals surface area contributed by atoms with Gasteiger partial charge in [0.05, 0.1) is 18.6 Å². The van der Waals surface area contributed by atoms with Crippen LogP contribution in [0, 0.1) is 5.41 Å². The average molecular weight is 230 g/mol. The largest absolute Gasteiger partial charge is 0.465 e. The Hall–Kier alpha value is -0.570. The van der Waals surface area contributed by atoms with Gasteiger partial charge < -0.3 is 9.47 Å². The third-order valence-corrected chi connectivity index (χ3v) is 2.54. The maximum absolute atomic E-state index is 11.6.